The van der Waals surface area contributed by atoms with Crippen molar-refractivity contribution in [2.24, 2.45) is 0 Å². The number of carbonyl (C=O) groups excluding carboxylic acids is 1. The molecule has 0 aromatic carbocycles. The Bertz CT molecular complexity index is 230. The van der Waals surface area contributed by atoms with Crippen LogP contribution in [0.4, 0.5) is 0 Å². The van der Waals surface area contributed by atoms with E-state index < -0.39 is 0 Å². The van der Waals surface area contributed by atoms with Crippen LogP contribution in [0, 0.1) is 0 Å². The molecule has 0 aromatic heterocycles. The maximum absolute atomic E-state index is 11.3. The molecule has 2 rings (SSSR count). The molecule has 11 heavy (non-hydrogen) atoms. The van der Waals surface area contributed by atoms with E-state index in [1.807, 2.05) is 11.0 Å². The first-order valence-electron chi connectivity index (χ1n) is 3.99. The normalized spacial score (nSPS) is 28.9. The van der Waals surface area contributed by atoms with E-state index in [2.05, 4.69) is 18.2 Å². The van der Waals surface area contributed by atoms with Crippen LogP contribution in [-0.4, -0.2) is 23.4 Å². The van der Waals surface area contributed by atoms with Gasteiger partial charge in [-0.05, 0) is 6.42 Å². The maximum atomic E-state index is 11.3. The van der Waals surface area contributed by atoms with Crippen LogP contribution in [0.1, 0.15) is 12.8 Å². The molecule has 1 unspecified atom stereocenters. The summed E-state index contributed by atoms with van der Waals surface area (Å²) < 4.78 is 0. The van der Waals surface area contributed by atoms with E-state index in [0.29, 0.717) is 12.5 Å². The van der Waals surface area contributed by atoms with E-state index in [-0.39, 0.29) is 5.91 Å². The molecule has 2 heteroatoms. The molecule has 0 saturated carbocycles. The summed E-state index contributed by atoms with van der Waals surface area (Å²) in [7, 11) is 0. The number of amides is 1. The van der Waals surface area contributed by atoms with E-state index in [9.17, 15) is 4.79 Å². The molecule has 2 aliphatic rings. The van der Waals surface area contributed by atoms with Crippen LogP contribution in [0.15, 0.2) is 24.3 Å². The zero-order chi connectivity index (χ0) is 7.68. The Labute approximate surface area is 66.2 Å². The Kier molecular flexibility index (Phi) is 1.53. The zero-order valence-corrected chi connectivity index (χ0v) is 6.36. The van der Waals surface area contributed by atoms with Crippen LogP contribution in [0.5, 0.6) is 0 Å². The fraction of sp³-hybridized carbons (Fsp3) is 0.444. The molecule has 0 aromatic rings. The molecule has 0 bridgehead atoms. The molecule has 0 radical (unpaired) electrons. The molecular formula is C9H11NO. The van der Waals surface area contributed by atoms with Gasteiger partial charge in [-0.25, -0.2) is 0 Å². The van der Waals surface area contributed by atoms with Crippen LogP contribution in [-0.2, 0) is 4.79 Å². The van der Waals surface area contributed by atoms with Gasteiger partial charge in [-0.1, -0.05) is 24.3 Å². The second kappa shape index (κ2) is 2.53. The highest BCUT2D eigenvalue weighted by Gasteiger charge is 2.23. The molecule has 1 amide bonds. The molecule has 2 heterocycles. The first kappa shape index (κ1) is 6.65. The predicted octanol–water partition coefficient (Wildman–Crippen LogP) is 1.10. The van der Waals surface area contributed by atoms with E-state index in [0.717, 1.165) is 13.0 Å². The average Bonchev–Trinajstić information content (AvgIpc) is 2.06. The van der Waals surface area contributed by atoms with Crippen molar-refractivity contribution in [3.8, 4) is 0 Å². The van der Waals surface area contributed by atoms with Gasteiger partial charge in [0.15, 0.2) is 0 Å². The van der Waals surface area contributed by atoms with E-state index >= 15 is 0 Å². The molecule has 58 valence electrons. The Hall–Kier alpha value is -1.05. The van der Waals surface area contributed by atoms with Crippen molar-refractivity contribution >= 4 is 5.91 Å². The highest BCUT2D eigenvalue weighted by molar-refractivity contribution is 5.79. The van der Waals surface area contributed by atoms with Crippen molar-refractivity contribution in [3.63, 3.8) is 0 Å². The molecule has 0 fully saturated rings. The van der Waals surface area contributed by atoms with Crippen LogP contribution in [0.3, 0.4) is 0 Å². The summed E-state index contributed by atoms with van der Waals surface area (Å²) in [6, 6.07) is 0.348. The average molecular weight is 149 g/mol. The lowest BCUT2D eigenvalue weighted by molar-refractivity contribution is -0.131. The predicted molar refractivity (Wildman–Crippen MR) is 43.0 cm³/mol. The minimum Gasteiger partial charge on any atom is -0.332 e. The fourth-order valence-corrected chi connectivity index (χ4v) is 1.60. The smallest absolute Gasteiger partial charge is 0.227 e. The van der Waals surface area contributed by atoms with Crippen LogP contribution < -0.4 is 0 Å². The Morgan fingerprint density at radius 3 is 3.09 bits per heavy atom. The number of hydrogen-bond acceptors (Lipinski definition) is 1. The summed E-state index contributed by atoms with van der Waals surface area (Å²) in [5.41, 5.74) is 0. The standard InChI is InChI=1S/C9H11NO/c11-9-6-3-5-8-4-1-2-7-10(8)9/h1-3,5,8H,4,6-7H2. The van der Waals surface area contributed by atoms with Gasteiger partial charge < -0.3 is 4.90 Å². The van der Waals surface area contributed by atoms with Gasteiger partial charge in [0, 0.05) is 13.0 Å². The Morgan fingerprint density at radius 2 is 2.27 bits per heavy atom. The van der Waals surface area contributed by atoms with Gasteiger partial charge >= 0.3 is 0 Å². The molecule has 1 atom stereocenters. The lowest BCUT2D eigenvalue weighted by Gasteiger charge is -2.33. The third kappa shape index (κ3) is 1.09. The van der Waals surface area contributed by atoms with Crippen molar-refractivity contribution in [3.05, 3.63) is 24.3 Å². The van der Waals surface area contributed by atoms with E-state index in [1.54, 1.807) is 0 Å². The van der Waals surface area contributed by atoms with Gasteiger partial charge in [-0.15, -0.1) is 0 Å². The Balaban J connectivity index is 2.23. The second-order valence-electron chi connectivity index (χ2n) is 2.95. The van der Waals surface area contributed by atoms with Gasteiger partial charge in [0.2, 0.25) is 5.91 Å². The third-order valence-corrected chi connectivity index (χ3v) is 2.22. The SMILES string of the molecule is O=C1CC=CC2CC=CCN12. The molecule has 2 aliphatic heterocycles. The topological polar surface area (TPSA) is 20.3 Å². The van der Waals surface area contributed by atoms with Gasteiger partial charge in [-0.2, -0.15) is 0 Å². The number of rotatable bonds is 0. The summed E-state index contributed by atoms with van der Waals surface area (Å²) in [6.07, 6.45) is 9.89. The van der Waals surface area contributed by atoms with Crippen molar-refractivity contribution in [1.82, 2.24) is 4.90 Å². The number of fused-ring (bicyclic) bond motifs is 1. The van der Waals surface area contributed by atoms with Crippen LogP contribution in [0.25, 0.3) is 0 Å². The molecule has 0 N–H and O–H groups in total. The summed E-state index contributed by atoms with van der Waals surface area (Å²) in [5, 5.41) is 0. The first-order valence-corrected chi connectivity index (χ1v) is 3.99. The lowest BCUT2D eigenvalue weighted by Crippen LogP contribution is -2.42. The quantitative estimate of drug-likeness (QED) is 0.472. The second-order valence-corrected chi connectivity index (χ2v) is 2.95. The fourth-order valence-electron chi connectivity index (χ4n) is 1.60. The van der Waals surface area contributed by atoms with Crippen molar-refractivity contribution in [2.45, 2.75) is 18.9 Å². The van der Waals surface area contributed by atoms with E-state index in [4.69, 9.17) is 0 Å². The Morgan fingerprint density at radius 1 is 1.36 bits per heavy atom. The van der Waals surface area contributed by atoms with Crippen molar-refractivity contribution in [1.29, 1.82) is 0 Å². The third-order valence-electron chi connectivity index (χ3n) is 2.22. The molecule has 0 aliphatic carbocycles. The minimum atomic E-state index is 0.266. The van der Waals surface area contributed by atoms with Gasteiger partial charge in [0.25, 0.3) is 0 Å². The summed E-state index contributed by atoms with van der Waals surface area (Å²) >= 11 is 0. The number of nitrogens with zero attached hydrogens (tertiary/aromatic N) is 1. The summed E-state index contributed by atoms with van der Waals surface area (Å²) in [6.45, 7) is 0.799. The summed E-state index contributed by atoms with van der Waals surface area (Å²) in [4.78, 5) is 13.2. The van der Waals surface area contributed by atoms with E-state index in [1.165, 1.54) is 0 Å². The van der Waals surface area contributed by atoms with Crippen LogP contribution >= 0.6 is 0 Å². The monoisotopic (exact) mass is 149 g/mol. The highest BCUT2D eigenvalue weighted by Crippen LogP contribution is 2.17. The van der Waals surface area contributed by atoms with Gasteiger partial charge in [-0.3, -0.25) is 4.79 Å². The van der Waals surface area contributed by atoms with Gasteiger partial charge in [0.05, 0.1) is 6.04 Å². The lowest BCUT2D eigenvalue weighted by atomic mass is 10.0. The molecule has 0 saturated heterocycles. The van der Waals surface area contributed by atoms with Gasteiger partial charge in [0.1, 0.15) is 0 Å². The van der Waals surface area contributed by atoms with Crippen LogP contribution in [0.2, 0.25) is 0 Å². The minimum absolute atomic E-state index is 0.266. The zero-order valence-electron chi connectivity index (χ0n) is 6.36. The highest BCUT2D eigenvalue weighted by atomic mass is 16.2. The number of carbonyl (C=O) groups is 1. The maximum Gasteiger partial charge on any atom is 0.227 e. The molecule has 0 spiro atoms. The van der Waals surface area contributed by atoms with Crippen molar-refractivity contribution in [2.75, 3.05) is 6.54 Å². The summed E-state index contributed by atoms with van der Waals surface area (Å²) in [5.74, 6) is 0.266. The largest absolute Gasteiger partial charge is 0.332 e. The molecular weight excluding hydrogens is 138 g/mol. The van der Waals surface area contributed by atoms with Crippen molar-refractivity contribution < 1.29 is 4.79 Å². The molecule has 2 nitrogen and oxygen atoms in total. The first-order chi connectivity index (χ1) is 5.38. The number of hydrogen-bond donors (Lipinski definition) is 0.